The van der Waals surface area contributed by atoms with Crippen LogP contribution < -0.4 is 10.6 Å². The molecule has 0 aliphatic carbocycles. The van der Waals surface area contributed by atoms with Crippen molar-refractivity contribution in [2.45, 2.75) is 91.5 Å². The van der Waals surface area contributed by atoms with Gasteiger partial charge in [0.2, 0.25) is 5.91 Å². The number of alkyl carbamates (subject to hydrolysis) is 1. The monoisotopic (exact) mass is 609 g/mol. The Kier molecular flexibility index (Phi) is 12.4. The van der Waals surface area contributed by atoms with Crippen LogP contribution in [-0.2, 0) is 20.7 Å². The van der Waals surface area contributed by atoms with E-state index in [2.05, 4.69) is 30.4 Å². The van der Waals surface area contributed by atoms with Crippen LogP contribution in [0.2, 0.25) is 0 Å². The molecule has 3 aromatic rings. The minimum atomic E-state index is -1.01. The number of rotatable bonds is 12. The fourth-order valence-electron chi connectivity index (χ4n) is 5.11. The van der Waals surface area contributed by atoms with Crippen molar-refractivity contribution in [1.82, 2.24) is 10.2 Å². The van der Waals surface area contributed by atoms with Gasteiger partial charge in [-0.2, -0.15) is 0 Å². The Hall–Kier alpha value is -4.57. The van der Waals surface area contributed by atoms with Crippen LogP contribution in [0.3, 0.4) is 0 Å². The smallest absolute Gasteiger partial charge is 0.408 e. The summed E-state index contributed by atoms with van der Waals surface area (Å²) in [6, 6.07) is 21.8. The lowest BCUT2D eigenvalue weighted by Crippen LogP contribution is -2.55. The zero-order chi connectivity index (χ0) is 33.1. The summed E-state index contributed by atoms with van der Waals surface area (Å²) in [5, 5.41) is 5.90. The van der Waals surface area contributed by atoms with E-state index in [0.717, 1.165) is 17.5 Å². The molecule has 0 saturated carbocycles. The van der Waals surface area contributed by atoms with Gasteiger partial charge in [-0.1, -0.05) is 80.4 Å². The first kappa shape index (κ1) is 34.9. The molecule has 45 heavy (non-hydrogen) atoms. The number of para-hydroxylation sites is 1. The summed E-state index contributed by atoms with van der Waals surface area (Å²) in [7, 11) is 0. The van der Waals surface area contributed by atoms with E-state index in [0.29, 0.717) is 29.2 Å². The van der Waals surface area contributed by atoms with Crippen LogP contribution in [0.5, 0.6) is 0 Å². The van der Waals surface area contributed by atoms with Crippen LogP contribution in [-0.4, -0.2) is 40.5 Å². The summed E-state index contributed by atoms with van der Waals surface area (Å²) < 4.78 is 5.57. The standard InChI is InChI=1S/C38H47N3O4/c1-9-29-21-23-31(24-22-29)34(35(42)39-32-18-14-13-15-27(32)4)41(28(5)20-19-26(2)3)36(43)33(25-30-16-11-10-12-17-30)40-37(44)45-38(6,7)8/h1,10-18,21-24,26,28,33-34H,19-20,25H2,2-8H3,(H,39,42)(H,40,44). The fourth-order valence-corrected chi connectivity index (χ4v) is 5.11. The number of anilines is 1. The maximum Gasteiger partial charge on any atom is 0.408 e. The average molecular weight is 610 g/mol. The first-order valence-electron chi connectivity index (χ1n) is 15.6. The maximum atomic E-state index is 14.8. The highest BCUT2D eigenvalue weighted by molar-refractivity contribution is 5.99. The van der Waals surface area contributed by atoms with Crippen LogP contribution in [0.15, 0.2) is 78.9 Å². The lowest BCUT2D eigenvalue weighted by Gasteiger charge is -2.39. The molecule has 3 amide bonds. The van der Waals surface area contributed by atoms with E-state index in [1.165, 1.54) is 0 Å². The quantitative estimate of drug-likeness (QED) is 0.209. The number of hydrogen-bond donors (Lipinski definition) is 2. The number of amides is 3. The molecule has 0 aliphatic heterocycles. The van der Waals surface area contributed by atoms with Gasteiger partial charge in [0.05, 0.1) is 0 Å². The summed E-state index contributed by atoms with van der Waals surface area (Å²) in [5.74, 6) is 2.26. The third kappa shape index (κ3) is 10.5. The molecule has 3 atom stereocenters. The van der Waals surface area contributed by atoms with Crippen molar-refractivity contribution < 1.29 is 19.1 Å². The first-order chi connectivity index (χ1) is 21.3. The highest BCUT2D eigenvalue weighted by Crippen LogP contribution is 2.30. The highest BCUT2D eigenvalue weighted by Gasteiger charge is 2.39. The van der Waals surface area contributed by atoms with Crippen molar-refractivity contribution in [3.05, 3.63) is 101 Å². The molecule has 0 spiro atoms. The maximum absolute atomic E-state index is 14.8. The summed E-state index contributed by atoms with van der Waals surface area (Å²) in [4.78, 5) is 43.9. The molecule has 0 radical (unpaired) electrons. The Balaban J connectivity index is 2.15. The van der Waals surface area contributed by atoms with Gasteiger partial charge in [-0.25, -0.2) is 4.79 Å². The van der Waals surface area contributed by atoms with Gasteiger partial charge in [0, 0.05) is 23.7 Å². The van der Waals surface area contributed by atoms with Crippen LogP contribution >= 0.6 is 0 Å². The number of terminal acetylenes is 1. The van der Waals surface area contributed by atoms with Gasteiger partial charge < -0.3 is 20.3 Å². The number of aryl methyl sites for hydroxylation is 1. The van der Waals surface area contributed by atoms with Crippen molar-refractivity contribution in [2.75, 3.05) is 5.32 Å². The van der Waals surface area contributed by atoms with Crippen LogP contribution in [0, 0.1) is 25.2 Å². The predicted molar refractivity (Wildman–Crippen MR) is 181 cm³/mol. The van der Waals surface area contributed by atoms with Crippen molar-refractivity contribution in [1.29, 1.82) is 0 Å². The SMILES string of the molecule is C#Cc1ccc(C(C(=O)Nc2ccccc2C)N(C(=O)C(Cc2ccccc2)NC(=O)OC(C)(C)C)C(C)CCC(C)C)cc1. The van der Waals surface area contributed by atoms with Gasteiger partial charge in [0.1, 0.15) is 17.7 Å². The number of nitrogens with zero attached hydrogens (tertiary/aromatic N) is 1. The molecule has 3 aromatic carbocycles. The van der Waals surface area contributed by atoms with Crippen LogP contribution in [0.4, 0.5) is 10.5 Å². The Morgan fingerprint density at radius 3 is 2.09 bits per heavy atom. The molecule has 7 nitrogen and oxygen atoms in total. The number of carbonyl (C=O) groups excluding carboxylic acids is 3. The molecule has 7 heteroatoms. The van der Waals surface area contributed by atoms with Gasteiger partial charge in [-0.3, -0.25) is 9.59 Å². The Morgan fingerprint density at radius 1 is 0.889 bits per heavy atom. The minimum absolute atomic E-state index is 0.217. The second-order valence-corrected chi connectivity index (χ2v) is 12.9. The van der Waals surface area contributed by atoms with Gasteiger partial charge >= 0.3 is 6.09 Å². The van der Waals surface area contributed by atoms with Gasteiger partial charge in [-0.05, 0) is 88.3 Å². The van der Waals surface area contributed by atoms with Gasteiger partial charge in [0.25, 0.3) is 5.91 Å². The Labute approximate surface area is 268 Å². The highest BCUT2D eigenvalue weighted by atomic mass is 16.6. The Morgan fingerprint density at radius 2 is 1.51 bits per heavy atom. The van der Waals surface area contributed by atoms with E-state index in [9.17, 15) is 14.4 Å². The molecule has 3 rings (SSSR count). The summed E-state index contributed by atoms with van der Waals surface area (Å²) >= 11 is 0. The van der Waals surface area contributed by atoms with Gasteiger partial charge in [0.15, 0.2) is 0 Å². The number of carbonyl (C=O) groups is 3. The second-order valence-electron chi connectivity index (χ2n) is 12.9. The van der Waals surface area contributed by atoms with Gasteiger partial charge in [-0.15, -0.1) is 6.42 Å². The molecule has 0 aromatic heterocycles. The lowest BCUT2D eigenvalue weighted by molar-refractivity contribution is -0.143. The van der Waals surface area contributed by atoms with E-state index in [4.69, 9.17) is 11.2 Å². The minimum Gasteiger partial charge on any atom is -0.444 e. The van der Waals surface area contributed by atoms with E-state index in [1.807, 2.05) is 68.4 Å². The topological polar surface area (TPSA) is 87.7 Å². The van der Waals surface area contributed by atoms with E-state index in [-0.39, 0.29) is 24.3 Å². The molecule has 238 valence electrons. The molecule has 0 fully saturated rings. The zero-order valence-electron chi connectivity index (χ0n) is 27.6. The third-order valence-electron chi connectivity index (χ3n) is 7.49. The Bertz CT molecular complexity index is 1470. The van der Waals surface area contributed by atoms with Crippen LogP contribution in [0.25, 0.3) is 0 Å². The molecule has 0 saturated heterocycles. The summed E-state index contributed by atoms with van der Waals surface area (Å²) in [5.41, 5.74) is 2.93. The molecule has 3 unspecified atom stereocenters. The number of nitrogens with one attached hydrogen (secondary N) is 2. The first-order valence-corrected chi connectivity index (χ1v) is 15.6. The zero-order valence-corrected chi connectivity index (χ0v) is 27.6. The van der Waals surface area contributed by atoms with E-state index >= 15 is 0 Å². The third-order valence-corrected chi connectivity index (χ3v) is 7.49. The van der Waals surface area contributed by atoms with Crippen molar-refractivity contribution in [3.8, 4) is 12.3 Å². The molecule has 0 aliphatic rings. The normalized spacial score (nSPS) is 13.2. The van der Waals surface area contributed by atoms with E-state index < -0.39 is 23.8 Å². The molecule has 0 bridgehead atoms. The van der Waals surface area contributed by atoms with Crippen molar-refractivity contribution in [2.24, 2.45) is 5.92 Å². The second kappa shape index (κ2) is 15.9. The molecular formula is C38H47N3O4. The number of benzene rings is 3. The van der Waals surface area contributed by atoms with Crippen LogP contribution in [0.1, 0.15) is 82.7 Å². The fraction of sp³-hybridized carbons (Fsp3) is 0.395. The summed E-state index contributed by atoms with van der Waals surface area (Å²) in [6.45, 7) is 13.4. The largest absolute Gasteiger partial charge is 0.444 e. The molecular weight excluding hydrogens is 562 g/mol. The average Bonchev–Trinajstić information content (AvgIpc) is 2.98. The molecule has 2 N–H and O–H groups in total. The van der Waals surface area contributed by atoms with Crippen molar-refractivity contribution in [3.63, 3.8) is 0 Å². The lowest BCUT2D eigenvalue weighted by atomic mass is 9.95. The number of hydrogen-bond acceptors (Lipinski definition) is 4. The predicted octanol–water partition coefficient (Wildman–Crippen LogP) is 7.45. The number of ether oxygens (including phenoxy) is 1. The van der Waals surface area contributed by atoms with E-state index in [1.54, 1.807) is 49.9 Å². The van der Waals surface area contributed by atoms with Crippen molar-refractivity contribution >= 4 is 23.6 Å². The summed E-state index contributed by atoms with van der Waals surface area (Å²) in [6.07, 6.45) is 6.65. The molecule has 0 heterocycles.